The molecule has 1 aromatic carbocycles. The second-order valence-corrected chi connectivity index (χ2v) is 7.42. The normalized spacial score (nSPS) is 19.5. The Morgan fingerprint density at radius 1 is 1.16 bits per heavy atom. The zero-order valence-electron chi connectivity index (χ0n) is 15.1. The lowest BCUT2D eigenvalue weighted by atomic mass is 9.94. The Kier molecular flexibility index (Phi) is 5.74. The lowest BCUT2D eigenvalue weighted by molar-refractivity contribution is -0.143. The molecule has 136 valence electrons. The summed E-state index contributed by atoms with van der Waals surface area (Å²) in [5, 5.41) is 0. The SMILES string of the molecule is CC(CN)C(=O)N1CCC(C(=O)N(Cc2ccccc2)C2CC2)CC1. The van der Waals surface area contributed by atoms with Gasteiger partial charge in [-0.05, 0) is 31.2 Å². The fraction of sp³-hybridized carbons (Fsp3) is 0.600. The van der Waals surface area contributed by atoms with Crippen molar-refractivity contribution in [2.75, 3.05) is 19.6 Å². The number of benzene rings is 1. The van der Waals surface area contributed by atoms with Crippen LogP contribution in [-0.2, 0) is 16.1 Å². The third-order valence-corrected chi connectivity index (χ3v) is 5.40. The number of piperidine rings is 1. The van der Waals surface area contributed by atoms with Crippen molar-refractivity contribution >= 4 is 11.8 Å². The van der Waals surface area contributed by atoms with E-state index in [1.807, 2.05) is 30.0 Å². The van der Waals surface area contributed by atoms with E-state index >= 15 is 0 Å². The first-order valence-corrected chi connectivity index (χ1v) is 9.43. The Hall–Kier alpha value is -1.88. The van der Waals surface area contributed by atoms with E-state index in [9.17, 15) is 9.59 Å². The molecule has 1 aliphatic carbocycles. The van der Waals surface area contributed by atoms with Crippen molar-refractivity contribution in [2.24, 2.45) is 17.6 Å². The molecule has 0 aromatic heterocycles. The Balaban J connectivity index is 1.58. The van der Waals surface area contributed by atoms with Crippen LogP contribution in [0.1, 0.15) is 38.2 Å². The minimum atomic E-state index is -0.131. The van der Waals surface area contributed by atoms with Gasteiger partial charge in [-0.3, -0.25) is 9.59 Å². The summed E-state index contributed by atoms with van der Waals surface area (Å²) in [6.07, 6.45) is 3.76. The molecular formula is C20H29N3O2. The van der Waals surface area contributed by atoms with Gasteiger partial charge < -0.3 is 15.5 Å². The van der Waals surface area contributed by atoms with Crippen LogP contribution in [0.2, 0.25) is 0 Å². The van der Waals surface area contributed by atoms with E-state index in [0.29, 0.717) is 32.2 Å². The van der Waals surface area contributed by atoms with Gasteiger partial charge in [0.1, 0.15) is 0 Å². The van der Waals surface area contributed by atoms with Crippen LogP contribution in [0.5, 0.6) is 0 Å². The molecule has 1 unspecified atom stereocenters. The second-order valence-electron chi connectivity index (χ2n) is 7.42. The molecule has 1 aliphatic heterocycles. The first-order valence-electron chi connectivity index (χ1n) is 9.43. The molecule has 1 saturated carbocycles. The number of rotatable bonds is 6. The Bertz CT molecular complexity index is 592. The zero-order valence-corrected chi connectivity index (χ0v) is 15.1. The molecule has 3 rings (SSSR count). The van der Waals surface area contributed by atoms with Gasteiger partial charge in [-0.25, -0.2) is 0 Å². The average molecular weight is 343 g/mol. The minimum Gasteiger partial charge on any atom is -0.342 e. The Labute approximate surface area is 150 Å². The van der Waals surface area contributed by atoms with Crippen LogP contribution < -0.4 is 5.73 Å². The van der Waals surface area contributed by atoms with E-state index in [2.05, 4.69) is 17.0 Å². The number of hydrogen-bond donors (Lipinski definition) is 1. The first-order chi connectivity index (χ1) is 12.1. The van der Waals surface area contributed by atoms with E-state index in [0.717, 1.165) is 25.7 Å². The molecule has 2 fully saturated rings. The molecule has 1 saturated heterocycles. The summed E-state index contributed by atoms with van der Waals surface area (Å²) in [6, 6.07) is 10.6. The highest BCUT2D eigenvalue weighted by Crippen LogP contribution is 2.32. The molecule has 25 heavy (non-hydrogen) atoms. The van der Waals surface area contributed by atoms with E-state index in [1.54, 1.807) is 0 Å². The molecule has 0 bridgehead atoms. The van der Waals surface area contributed by atoms with Crippen molar-refractivity contribution in [3.05, 3.63) is 35.9 Å². The summed E-state index contributed by atoms with van der Waals surface area (Å²) in [6.45, 7) is 4.29. The van der Waals surface area contributed by atoms with Gasteiger partial charge in [0.05, 0.1) is 0 Å². The second kappa shape index (κ2) is 8.00. The predicted molar refractivity (Wildman–Crippen MR) is 97.5 cm³/mol. The summed E-state index contributed by atoms with van der Waals surface area (Å²) in [4.78, 5) is 29.2. The number of hydrogen-bond acceptors (Lipinski definition) is 3. The molecule has 2 amide bonds. The molecule has 1 aromatic rings. The van der Waals surface area contributed by atoms with Crippen molar-refractivity contribution in [3.8, 4) is 0 Å². The number of carbonyl (C=O) groups excluding carboxylic acids is 2. The van der Waals surface area contributed by atoms with Gasteiger partial charge >= 0.3 is 0 Å². The zero-order chi connectivity index (χ0) is 17.8. The van der Waals surface area contributed by atoms with Crippen molar-refractivity contribution in [1.82, 2.24) is 9.80 Å². The molecule has 5 heteroatoms. The third kappa shape index (κ3) is 4.40. The van der Waals surface area contributed by atoms with Crippen molar-refractivity contribution < 1.29 is 9.59 Å². The van der Waals surface area contributed by atoms with Crippen molar-refractivity contribution in [3.63, 3.8) is 0 Å². The number of nitrogens with zero attached hydrogens (tertiary/aromatic N) is 2. The highest BCUT2D eigenvalue weighted by Gasteiger charge is 2.37. The van der Waals surface area contributed by atoms with E-state index < -0.39 is 0 Å². The summed E-state index contributed by atoms with van der Waals surface area (Å²) < 4.78 is 0. The molecule has 1 atom stereocenters. The van der Waals surface area contributed by atoms with Gasteiger partial charge in [-0.1, -0.05) is 37.3 Å². The van der Waals surface area contributed by atoms with Crippen LogP contribution in [0.3, 0.4) is 0 Å². The first kappa shape index (κ1) is 17.9. The van der Waals surface area contributed by atoms with Crippen LogP contribution in [0.15, 0.2) is 30.3 Å². The monoisotopic (exact) mass is 343 g/mol. The van der Waals surface area contributed by atoms with Crippen LogP contribution in [-0.4, -0.2) is 47.3 Å². The van der Waals surface area contributed by atoms with Gasteiger partial charge in [0, 0.05) is 44.1 Å². The maximum absolute atomic E-state index is 13.1. The molecule has 2 N–H and O–H groups in total. The Morgan fingerprint density at radius 2 is 1.80 bits per heavy atom. The van der Waals surface area contributed by atoms with E-state index in [4.69, 9.17) is 5.73 Å². The van der Waals surface area contributed by atoms with Crippen LogP contribution in [0, 0.1) is 11.8 Å². The summed E-state index contributed by atoms with van der Waals surface area (Å²) >= 11 is 0. The van der Waals surface area contributed by atoms with Gasteiger partial charge in [-0.15, -0.1) is 0 Å². The molecule has 5 nitrogen and oxygen atoms in total. The van der Waals surface area contributed by atoms with Crippen LogP contribution >= 0.6 is 0 Å². The highest BCUT2D eigenvalue weighted by molar-refractivity contribution is 5.81. The Morgan fingerprint density at radius 3 is 2.36 bits per heavy atom. The largest absolute Gasteiger partial charge is 0.342 e. The molecular weight excluding hydrogens is 314 g/mol. The lowest BCUT2D eigenvalue weighted by Crippen LogP contribution is -2.46. The molecule has 0 spiro atoms. The molecule has 0 radical (unpaired) electrons. The third-order valence-electron chi connectivity index (χ3n) is 5.40. The minimum absolute atomic E-state index is 0.0431. The van der Waals surface area contributed by atoms with Gasteiger partial charge in [0.15, 0.2) is 0 Å². The van der Waals surface area contributed by atoms with Crippen LogP contribution in [0.25, 0.3) is 0 Å². The quantitative estimate of drug-likeness (QED) is 0.859. The molecule has 1 heterocycles. The van der Waals surface area contributed by atoms with E-state index in [-0.39, 0.29) is 23.7 Å². The van der Waals surface area contributed by atoms with Crippen molar-refractivity contribution in [2.45, 2.75) is 45.2 Å². The number of amides is 2. The maximum atomic E-state index is 13.1. The smallest absolute Gasteiger partial charge is 0.226 e. The summed E-state index contributed by atoms with van der Waals surface area (Å²) in [5.74, 6) is 0.303. The van der Waals surface area contributed by atoms with Gasteiger partial charge in [-0.2, -0.15) is 0 Å². The fourth-order valence-corrected chi connectivity index (χ4v) is 3.55. The summed E-state index contributed by atoms with van der Waals surface area (Å²) in [5.41, 5.74) is 6.79. The topological polar surface area (TPSA) is 66.6 Å². The predicted octanol–water partition coefficient (Wildman–Crippen LogP) is 2.01. The number of likely N-dealkylation sites (tertiary alicyclic amines) is 1. The average Bonchev–Trinajstić information content (AvgIpc) is 3.50. The van der Waals surface area contributed by atoms with Crippen LogP contribution in [0.4, 0.5) is 0 Å². The number of carbonyl (C=O) groups is 2. The van der Waals surface area contributed by atoms with Gasteiger partial charge in [0.25, 0.3) is 0 Å². The maximum Gasteiger partial charge on any atom is 0.226 e. The summed E-state index contributed by atoms with van der Waals surface area (Å²) in [7, 11) is 0. The van der Waals surface area contributed by atoms with Crippen molar-refractivity contribution in [1.29, 1.82) is 0 Å². The lowest BCUT2D eigenvalue weighted by Gasteiger charge is -2.35. The number of nitrogens with two attached hydrogens (primary N) is 1. The fourth-order valence-electron chi connectivity index (χ4n) is 3.55. The van der Waals surface area contributed by atoms with E-state index in [1.165, 1.54) is 5.56 Å². The molecule has 2 aliphatic rings. The van der Waals surface area contributed by atoms with Gasteiger partial charge in [0.2, 0.25) is 11.8 Å². The standard InChI is InChI=1S/C20H29N3O2/c1-15(13-21)19(24)22-11-9-17(10-12-22)20(25)23(18-7-8-18)14-16-5-3-2-4-6-16/h2-6,15,17-18H,7-14,21H2,1H3. The highest BCUT2D eigenvalue weighted by atomic mass is 16.2.